The molecule has 8 bridgehead atoms. The second kappa shape index (κ2) is 15.4. The van der Waals surface area contributed by atoms with Gasteiger partial charge >= 0.3 is 0 Å². The van der Waals surface area contributed by atoms with Gasteiger partial charge in [-0.3, -0.25) is 18.2 Å². The number of benzene rings is 4. The molecule has 64 heavy (non-hydrogen) atoms. The van der Waals surface area contributed by atoms with Crippen LogP contribution in [0.2, 0.25) is 0 Å². The van der Waals surface area contributed by atoms with Crippen LogP contribution >= 0.6 is 0 Å². The van der Waals surface area contributed by atoms with E-state index < -0.39 is 60.1 Å². The first-order chi connectivity index (χ1) is 30.3. The molecular weight excluding hydrogens is 905 g/mol. The van der Waals surface area contributed by atoms with E-state index in [9.17, 15) is 51.9 Å². The van der Waals surface area contributed by atoms with E-state index >= 15 is 0 Å². The molecule has 5 heterocycles. The first-order valence-electron chi connectivity index (χ1n) is 18.6. The number of hydrogen-bond donors (Lipinski definition) is 4. The van der Waals surface area contributed by atoms with Crippen molar-refractivity contribution in [3.63, 3.8) is 0 Å². The molecule has 0 radical (unpaired) electrons. The maximum Gasteiger partial charge on any atom is 0.295 e. The van der Waals surface area contributed by atoms with Gasteiger partial charge in [0.1, 0.15) is 19.6 Å². The highest BCUT2D eigenvalue weighted by Crippen LogP contribution is 2.49. The molecule has 0 unspecified atom stereocenters. The number of allylic oxidation sites excluding steroid dienone is 12. The molecule has 0 saturated heterocycles. The van der Waals surface area contributed by atoms with Crippen molar-refractivity contribution < 1.29 is 51.9 Å². The Morgan fingerprint density at radius 3 is 1.23 bits per heavy atom. The summed E-state index contributed by atoms with van der Waals surface area (Å²) in [7, 11) is -20.4. The van der Waals surface area contributed by atoms with Crippen LogP contribution in [-0.2, 0) is 40.5 Å². The van der Waals surface area contributed by atoms with E-state index in [2.05, 4.69) is 9.98 Å². The average Bonchev–Trinajstić information content (AvgIpc) is 4.04. The first-order valence-corrected chi connectivity index (χ1v) is 24.4. The Morgan fingerprint density at radius 1 is 0.359 bits per heavy atom. The number of nitrogens with zero attached hydrogens (tertiary/aromatic N) is 4. The molecule has 20 heteroatoms. The fraction of sp³-hybridized carbons (Fsp3) is 0. The number of fused-ring (bicyclic) bond motifs is 4. The predicted octanol–water partition coefficient (Wildman–Crippen LogP) is 6.68. The zero-order valence-corrected chi connectivity index (χ0v) is 35.6. The van der Waals surface area contributed by atoms with Crippen molar-refractivity contribution in [2.24, 2.45) is 20.0 Å². The Labute approximate surface area is 365 Å². The molecule has 0 aliphatic carbocycles. The van der Waals surface area contributed by atoms with Gasteiger partial charge in [0.05, 0.1) is 45.6 Å². The van der Waals surface area contributed by atoms with Crippen LogP contribution in [0.1, 0.15) is 22.3 Å². The van der Waals surface area contributed by atoms with E-state index in [1.807, 2.05) is 0 Å². The standard InChI is InChI=1S/C44H28N4O12S4/c49-61(50,51)36-13-5-1-9-30(36)34-23-29-22-27-18-17-25(45-27)21-26-19-20-28(46-26)24-35-40(31-10-2-6-14-37(31)62(52,53)54)41(32-11-3-7-15-38(32)63(55,56)57)44(48-35)42(43(34)47-29)33-12-4-8-16-39(33)64(58,59)60/h1-24H,(H,49,50,51)(H,52,53,54)(H,55,56,57)(H,58,59,60). The molecule has 0 amide bonds. The molecule has 16 nitrogen and oxygen atoms in total. The summed E-state index contributed by atoms with van der Waals surface area (Å²) in [5.74, 6) is 0. The maximum absolute atomic E-state index is 13.4. The van der Waals surface area contributed by atoms with Crippen LogP contribution in [0.4, 0.5) is 0 Å². The van der Waals surface area contributed by atoms with Crippen LogP contribution in [-0.4, -0.2) is 74.7 Å². The SMILES string of the molecule is O=S(=O)(O)c1ccccc1C1=CC2=CC3=NC(=CC4=NC(=CC5=NC(=C(c6ccccc6S(=O)(=O)O)C1=N2)C(c1ccccc1S(=O)(=O)O)=C5c1ccccc1S(=O)(=O)O)C=C4)C=C3. The highest BCUT2D eigenvalue weighted by Gasteiger charge is 2.38. The molecular formula is C44H28N4O12S4. The molecule has 9 rings (SSSR count). The highest BCUT2D eigenvalue weighted by molar-refractivity contribution is 7.86. The number of rotatable bonds is 8. The summed E-state index contributed by atoms with van der Waals surface area (Å²) >= 11 is 0. The molecule has 4 aromatic rings. The van der Waals surface area contributed by atoms with Gasteiger partial charge in [0.15, 0.2) is 0 Å². The van der Waals surface area contributed by atoms with E-state index in [0.717, 1.165) is 24.3 Å². The van der Waals surface area contributed by atoms with Crippen LogP contribution < -0.4 is 0 Å². The zero-order chi connectivity index (χ0) is 45.3. The van der Waals surface area contributed by atoms with E-state index in [4.69, 9.17) is 9.98 Å². The second-order valence-electron chi connectivity index (χ2n) is 14.3. The topological polar surface area (TPSA) is 267 Å². The van der Waals surface area contributed by atoms with Crippen LogP contribution in [0.15, 0.2) is 208 Å². The van der Waals surface area contributed by atoms with Crippen LogP contribution in [0.3, 0.4) is 0 Å². The van der Waals surface area contributed by atoms with Gasteiger partial charge in [-0.25, -0.2) is 20.0 Å². The molecule has 5 aliphatic rings. The fourth-order valence-electron chi connectivity index (χ4n) is 7.74. The molecule has 4 aromatic carbocycles. The first kappa shape index (κ1) is 42.4. The predicted molar refractivity (Wildman–Crippen MR) is 239 cm³/mol. The van der Waals surface area contributed by atoms with Crippen molar-refractivity contribution in [1.29, 1.82) is 0 Å². The molecule has 320 valence electrons. The zero-order valence-electron chi connectivity index (χ0n) is 32.3. The van der Waals surface area contributed by atoms with Gasteiger partial charge in [-0.05, 0) is 72.9 Å². The maximum atomic E-state index is 13.4. The molecule has 0 aromatic heterocycles. The lowest BCUT2D eigenvalue weighted by Gasteiger charge is -2.20. The quantitative estimate of drug-likeness (QED) is 0.135. The van der Waals surface area contributed by atoms with Gasteiger partial charge < -0.3 is 0 Å². The number of aliphatic imine (C=N–C) groups is 4. The van der Waals surface area contributed by atoms with Gasteiger partial charge in [0, 0.05) is 44.5 Å². The lowest BCUT2D eigenvalue weighted by molar-refractivity contribution is 0.480. The Bertz CT molecular complexity index is 3700. The van der Waals surface area contributed by atoms with Crippen molar-refractivity contribution in [1.82, 2.24) is 0 Å². The Hall–Kier alpha value is -6.88. The van der Waals surface area contributed by atoms with E-state index in [0.29, 0.717) is 17.1 Å². The summed E-state index contributed by atoms with van der Waals surface area (Å²) in [5.41, 5.74) is -0.855. The average molecular weight is 933 g/mol. The second-order valence-corrected chi connectivity index (χ2v) is 19.9. The van der Waals surface area contributed by atoms with Gasteiger partial charge in [-0.2, -0.15) is 33.7 Å². The summed E-state index contributed by atoms with van der Waals surface area (Å²) in [4.78, 5) is 16.5. The smallest absolute Gasteiger partial charge is 0.282 e. The highest BCUT2D eigenvalue weighted by atomic mass is 32.2. The Kier molecular flexibility index (Phi) is 10.2. The van der Waals surface area contributed by atoms with Crippen molar-refractivity contribution in [2.45, 2.75) is 19.6 Å². The van der Waals surface area contributed by atoms with Crippen LogP contribution in [0, 0.1) is 0 Å². The van der Waals surface area contributed by atoms with Crippen molar-refractivity contribution >= 4 is 85.6 Å². The molecule has 4 N–H and O–H groups in total. The third-order valence-electron chi connectivity index (χ3n) is 10.2. The Balaban J connectivity index is 1.56. The van der Waals surface area contributed by atoms with Gasteiger partial charge in [0.25, 0.3) is 40.5 Å². The fourth-order valence-corrected chi connectivity index (χ4v) is 10.5. The molecule has 0 fully saturated rings. The summed E-state index contributed by atoms with van der Waals surface area (Å²) in [6, 6.07) is 20.6. The molecule has 0 atom stereocenters. The van der Waals surface area contributed by atoms with Crippen LogP contribution in [0.25, 0.3) is 22.3 Å². The monoisotopic (exact) mass is 932 g/mol. The minimum Gasteiger partial charge on any atom is -0.282 e. The minimum atomic E-state index is -5.17. The lowest BCUT2D eigenvalue weighted by atomic mass is 9.85. The third-order valence-corrected chi connectivity index (χ3v) is 13.9. The van der Waals surface area contributed by atoms with Crippen molar-refractivity contribution in [3.05, 3.63) is 191 Å². The van der Waals surface area contributed by atoms with Gasteiger partial charge in [-0.1, -0.05) is 72.8 Å². The summed E-state index contributed by atoms with van der Waals surface area (Å²) in [6.45, 7) is 0. The molecule has 0 spiro atoms. The normalized spacial score (nSPS) is 17.4. The van der Waals surface area contributed by atoms with Crippen molar-refractivity contribution in [2.75, 3.05) is 0 Å². The van der Waals surface area contributed by atoms with E-state index in [1.54, 1.807) is 30.4 Å². The van der Waals surface area contributed by atoms with Gasteiger partial charge in [-0.15, -0.1) is 0 Å². The summed E-state index contributed by atoms with van der Waals surface area (Å²) in [5, 5.41) is 0. The van der Waals surface area contributed by atoms with Crippen LogP contribution in [0.5, 0.6) is 0 Å². The summed E-state index contributed by atoms with van der Waals surface area (Å²) < 4.78 is 148. The number of hydrogen-bond acceptors (Lipinski definition) is 12. The van der Waals surface area contributed by atoms with Gasteiger partial charge in [0.2, 0.25) is 0 Å². The van der Waals surface area contributed by atoms with E-state index in [-0.39, 0.29) is 73.1 Å². The molecule has 0 saturated carbocycles. The molecule has 5 aliphatic heterocycles. The van der Waals surface area contributed by atoms with E-state index in [1.165, 1.54) is 91.0 Å². The lowest BCUT2D eigenvalue weighted by Crippen LogP contribution is -2.13. The third kappa shape index (κ3) is 7.88. The van der Waals surface area contributed by atoms with Crippen molar-refractivity contribution in [3.8, 4) is 0 Å². The largest absolute Gasteiger partial charge is 0.295 e. The summed E-state index contributed by atoms with van der Waals surface area (Å²) in [6.07, 6.45) is 12.7. The minimum absolute atomic E-state index is 0.0494. The Morgan fingerprint density at radius 2 is 0.750 bits per heavy atom.